The fraction of sp³-hybridized carbons (Fsp3) is 0.875. The molecule has 1 aromatic rings. The minimum atomic E-state index is 0.202. The Morgan fingerprint density at radius 2 is 2.00 bits per heavy atom. The van der Waals surface area contributed by atoms with Crippen molar-refractivity contribution in [2.45, 2.75) is 72.3 Å². The quantitative estimate of drug-likeness (QED) is 0.867. The number of nitrogens with zero attached hydrogens (tertiary/aromatic N) is 2. The van der Waals surface area contributed by atoms with E-state index in [1.807, 2.05) is 0 Å². The van der Waals surface area contributed by atoms with Crippen LogP contribution in [0.2, 0.25) is 0 Å². The van der Waals surface area contributed by atoms with Gasteiger partial charge in [0.25, 0.3) is 0 Å². The van der Waals surface area contributed by atoms with E-state index in [4.69, 9.17) is 4.52 Å². The van der Waals surface area contributed by atoms with Crippen LogP contribution in [0.15, 0.2) is 4.52 Å². The van der Waals surface area contributed by atoms with Gasteiger partial charge < -0.3 is 9.84 Å². The molecule has 1 saturated carbocycles. The lowest BCUT2D eigenvalue weighted by Crippen LogP contribution is -2.37. The van der Waals surface area contributed by atoms with Crippen molar-refractivity contribution in [2.75, 3.05) is 6.54 Å². The van der Waals surface area contributed by atoms with E-state index >= 15 is 0 Å². The van der Waals surface area contributed by atoms with Gasteiger partial charge in [-0.15, -0.1) is 0 Å². The number of likely N-dealkylation sites (N-methyl/N-ethyl adjacent to an activating group) is 1. The standard InChI is InChI=1S/C16H29N3O/c1-5-17-13(12-8-6-7-9-12)10-15-18-14(19-20-15)11-16(2,3)4/h12-13,17H,5-11H2,1-4H3. The van der Waals surface area contributed by atoms with Gasteiger partial charge in [-0.3, -0.25) is 0 Å². The van der Waals surface area contributed by atoms with Crippen molar-refractivity contribution in [1.82, 2.24) is 15.5 Å². The van der Waals surface area contributed by atoms with Gasteiger partial charge in [-0.05, 0) is 30.7 Å². The van der Waals surface area contributed by atoms with E-state index in [1.54, 1.807) is 0 Å². The molecule has 1 aliphatic carbocycles. The fourth-order valence-electron chi connectivity index (χ4n) is 3.13. The van der Waals surface area contributed by atoms with Gasteiger partial charge in [-0.1, -0.05) is 45.7 Å². The lowest BCUT2D eigenvalue weighted by molar-refractivity contribution is 0.307. The normalized spacial score (nSPS) is 18.6. The molecule has 0 aromatic carbocycles. The van der Waals surface area contributed by atoms with Crippen molar-refractivity contribution in [1.29, 1.82) is 0 Å². The van der Waals surface area contributed by atoms with Crippen molar-refractivity contribution < 1.29 is 4.52 Å². The predicted octanol–water partition coefficient (Wildman–Crippen LogP) is 3.37. The molecule has 1 N–H and O–H groups in total. The van der Waals surface area contributed by atoms with Crippen molar-refractivity contribution in [3.05, 3.63) is 11.7 Å². The van der Waals surface area contributed by atoms with Crippen LogP contribution < -0.4 is 5.32 Å². The first kappa shape index (κ1) is 15.5. The molecule has 0 aliphatic heterocycles. The van der Waals surface area contributed by atoms with Gasteiger partial charge in [0.1, 0.15) is 0 Å². The second-order valence-electron chi connectivity index (χ2n) is 7.25. The van der Waals surface area contributed by atoms with Gasteiger partial charge in [0.2, 0.25) is 5.89 Å². The molecule has 4 nitrogen and oxygen atoms in total. The van der Waals surface area contributed by atoms with E-state index in [0.717, 1.165) is 37.0 Å². The molecule has 20 heavy (non-hydrogen) atoms. The summed E-state index contributed by atoms with van der Waals surface area (Å²) in [5, 5.41) is 7.73. The first-order valence-electron chi connectivity index (χ1n) is 8.03. The van der Waals surface area contributed by atoms with Crippen LogP contribution in [0.5, 0.6) is 0 Å². The highest BCUT2D eigenvalue weighted by molar-refractivity contribution is 4.94. The van der Waals surface area contributed by atoms with E-state index in [1.165, 1.54) is 25.7 Å². The van der Waals surface area contributed by atoms with Gasteiger partial charge in [0, 0.05) is 18.9 Å². The van der Waals surface area contributed by atoms with Crippen LogP contribution in [0.3, 0.4) is 0 Å². The number of nitrogens with one attached hydrogen (secondary N) is 1. The van der Waals surface area contributed by atoms with Crippen LogP contribution in [0.4, 0.5) is 0 Å². The zero-order chi connectivity index (χ0) is 14.6. The third kappa shape index (κ3) is 4.58. The van der Waals surface area contributed by atoms with Crippen LogP contribution in [-0.4, -0.2) is 22.7 Å². The molecule has 1 unspecified atom stereocenters. The Morgan fingerprint density at radius 3 is 2.60 bits per heavy atom. The van der Waals surface area contributed by atoms with Gasteiger partial charge >= 0.3 is 0 Å². The second kappa shape index (κ2) is 6.70. The van der Waals surface area contributed by atoms with Gasteiger partial charge in [0.05, 0.1) is 0 Å². The molecule has 0 saturated heterocycles. The molecule has 0 amide bonds. The van der Waals surface area contributed by atoms with Crippen molar-refractivity contribution in [3.8, 4) is 0 Å². The molecule has 0 radical (unpaired) electrons. The van der Waals surface area contributed by atoms with Gasteiger partial charge in [0.15, 0.2) is 5.82 Å². The molecular formula is C16H29N3O. The Bertz CT molecular complexity index is 402. The summed E-state index contributed by atoms with van der Waals surface area (Å²) in [6.07, 6.45) is 7.14. The van der Waals surface area contributed by atoms with E-state index in [-0.39, 0.29) is 5.41 Å². The zero-order valence-electron chi connectivity index (χ0n) is 13.4. The second-order valence-corrected chi connectivity index (χ2v) is 7.25. The molecule has 0 bridgehead atoms. The molecule has 4 heteroatoms. The highest BCUT2D eigenvalue weighted by Gasteiger charge is 2.26. The lowest BCUT2D eigenvalue weighted by Gasteiger charge is -2.22. The van der Waals surface area contributed by atoms with Crippen LogP contribution in [-0.2, 0) is 12.8 Å². The fourth-order valence-corrected chi connectivity index (χ4v) is 3.13. The van der Waals surface area contributed by atoms with E-state index < -0.39 is 0 Å². The topological polar surface area (TPSA) is 51.0 Å². The number of rotatable bonds is 6. The number of hydrogen-bond donors (Lipinski definition) is 1. The lowest BCUT2D eigenvalue weighted by atomic mass is 9.92. The van der Waals surface area contributed by atoms with Crippen molar-refractivity contribution >= 4 is 0 Å². The first-order valence-corrected chi connectivity index (χ1v) is 8.03. The maximum Gasteiger partial charge on any atom is 0.228 e. The van der Waals surface area contributed by atoms with Crippen LogP contribution in [0, 0.1) is 11.3 Å². The Labute approximate surface area is 122 Å². The minimum Gasteiger partial charge on any atom is -0.339 e. The molecule has 114 valence electrons. The third-order valence-electron chi connectivity index (χ3n) is 4.03. The van der Waals surface area contributed by atoms with Gasteiger partial charge in [-0.2, -0.15) is 4.98 Å². The van der Waals surface area contributed by atoms with E-state index in [9.17, 15) is 0 Å². The smallest absolute Gasteiger partial charge is 0.228 e. The summed E-state index contributed by atoms with van der Waals surface area (Å²) < 4.78 is 5.45. The summed E-state index contributed by atoms with van der Waals surface area (Å²) in [6.45, 7) is 9.76. The van der Waals surface area contributed by atoms with Gasteiger partial charge in [-0.25, -0.2) is 0 Å². The number of hydrogen-bond acceptors (Lipinski definition) is 4. The summed E-state index contributed by atoms with van der Waals surface area (Å²) in [6, 6.07) is 0.491. The Morgan fingerprint density at radius 1 is 1.30 bits per heavy atom. The Balaban J connectivity index is 1.96. The average molecular weight is 279 g/mol. The Kier molecular flexibility index (Phi) is 5.19. The molecule has 1 aliphatic rings. The molecular weight excluding hydrogens is 250 g/mol. The van der Waals surface area contributed by atoms with E-state index in [0.29, 0.717) is 6.04 Å². The molecule has 1 fully saturated rings. The SMILES string of the molecule is CCNC(Cc1nc(CC(C)(C)C)no1)C1CCCC1. The summed E-state index contributed by atoms with van der Waals surface area (Å²) >= 11 is 0. The maximum absolute atomic E-state index is 5.45. The molecule has 1 heterocycles. The third-order valence-corrected chi connectivity index (χ3v) is 4.03. The van der Waals surface area contributed by atoms with Crippen molar-refractivity contribution in [2.24, 2.45) is 11.3 Å². The molecule has 1 atom stereocenters. The molecule has 0 spiro atoms. The summed E-state index contributed by atoms with van der Waals surface area (Å²) in [7, 11) is 0. The van der Waals surface area contributed by atoms with Crippen LogP contribution in [0.1, 0.15) is 65.1 Å². The summed E-state index contributed by atoms with van der Waals surface area (Å²) in [5.74, 6) is 2.41. The van der Waals surface area contributed by atoms with E-state index in [2.05, 4.69) is 43.2 Å². The summed E-state index contributed by atoms with van der Waals surface area (Å²) in [5.41, 5.74) is 0.202. The minimum absolute atomic E-state index is 0.202. The average Bonchev–Trinajstić information content (AvgIpc) is 2.97. The largest absolute Gasteiger partial charge is 0.339 e. The monoisotopic (exact) mass is 279 g/mol. The highest BCUT2D eigenvalue weighted by atomic mass is 16.5. The van der Waals surface area contributed by atoms with Crippen LogP contribution in [0.25, 0.3) is 0 Å². The van der Waals surface area contributed by atoms with Crippen LogP contribution >= 0.6 is 0 Å². The highest BCUT2D eigenvalue weighted by Crippen LogP contribution is 2.29. The molecule has 1 aromatic heterocycles. The first-order chi connectivity index (χ1) is 9.48. The van der Waals surface area contributed by atoms with Crippen molar-refractivity contribution in [3.63, 3.8) is 0 Å². The zero-order valence-corrected chi connectivity index (χ0v) is 13.4. The number of aromatic nitrogens is 2. The predicted molar refractivity (Wildman–Crippen MR) is 80.6 cm³/mol. The summed E-state index contributed by atoms with van der Waals surface area (Å²) in [4.78, 5) is 4.57. The maximum atomic E-state index is 5.45. The molecule has 2 rings (SSSR count). The Hall–Kier alpha value is -0.900.